The van der Waals surface area contributed by atoms with Gasteiger partial charge in [-0.25, -0.2) is 0 Å². The maximum Gasteiger partial charge on any atom is 0.269 e. The fraction of sp³-hybridized carbons (Fsp3) is 0.538. The van der Waals surface area contributed by atoms with E-state index >= 15 is 0 Å². The van der Waals surface area contributed by atoms with Crippen molar-refractivity contribution in [2.24, 2.45) is 0 Å². The number of unbranched alkanes of at least 4 members (excludes halogenated alkanes) is 3. The van der Waals surface area contributed by atoms with Crippen molar-refractivity contribution in [3.63, 3.8) is 0 Å². The average molecular weight is 251 g/mol. The highest BCUT2D eigenvalue weighted by atomic mass is 16.2. The lowest BCUT2D eigenvalue weighted by molar-refractivity contribution is 0.0958. The van der Waals surface area contributed by atoms with Gasteiger partial charge in [-0.3, -0.25) is 9.78 Å². The van der Waals surface area contributed by atoms with Gasteiger partial charge < -0.3 is 15.7 Å². The monoisotopic (exact) mass is 251 g/mol. The Balaban J connectivity index is 2.32. The fourth-order valence-electron chi connectivity index (χ4n) is 1.62. The molecule has 0 saturated heterocycles. The first-order valence-electron chi connectivity index (χ1n) is 6.31. The Labute approximate surface area is 108 Å². The first-order chi connectivity index (χ1) is 8.77. The van der Waals surface area contributed by atoms with Gasteiger partial charge in [0.25, 0.3) is 5.91 Å². The molecule has 0 atom stereocenters. The number of rotatable bonds is 8. The number of aromatic nitrogens is 1. The SMILES string of the molecule is CNC(=O)c1cc(NCCCCCCO)ccn1. The van der Waals surface area contributed by atoms with Crippen LogP contribution in [0.1, 0.15) is 36.2 Å². The van der Waals surface area contributed by atoms with Gasteiger partial charge in [0.2, 0.25) is 0 Å². The topological polar surface area (TPSA) is 74.2 Å². The molecule has 0 aromatic carbocycles. The van der Waals surface area contributed by atoms with Gasteiger partial charge >= 0.3 is 0 Å². The molecule has 0 saturated carbocycles. The van der Waals surface area contributed by atoms with Crippen LogP contribution >= 0.6 is 0 Å². The van der Waals surface area contributed by atoms with E-state index in [-0.39, 0.29) is 12.5 Å². The zero-order valence-corrected chi connectivity index (χ0v) is 10.8. The lowest BCUT2D eigenvalue weighted by atomic mass is 10.2. The van der Waals surface area contributed by atoms with Gasteiger partial charge in [-0.1, -0.05) is 12.8 Å². The van der Waals surface area contributed by atoms with Crippen molar-refractivity contribution in [2.75, 3.05) is 25.5 Å². The average Bonchev–Trinajstić information content (AvgIpc) is 2.42. The van der Waals surface area contributed by atoms with Crippen LogP contribution in [0.3, 0.4) is 0 Å². The predicted octanol–water partition coefficient (Wildman–Crippen LogP) is 1.41. The summed E-state index contributed by atoms with van der Waals surface area (Å²) in [5.41, 5.74) is 1.33. The van der Waals surface area contributed by atoms with Crippen LogP contribution in [0, 0.1) is 0 Å². The molecule has 0 spiro atoms. The van der Waals surface area contributed by atoms with Crippen LogP contribution in [0.15, 0.2) is 18.3 Å². The summed E-state index contributed by atoms with van der Waals surface area (Å²) in [7, 11) is 1.59. The number of nitrogens with zero attached hydrogens (tertiary/aromatic N) is 1. The van der Waals surface area contributed by atoms with Crippen molar-refractivity contribution in [1.29, 1.82) is 0 Å². The summed E-state index contributed by atoms with van der Waals surface area (Å²) in [6, 6.07) is 3.59. The first kappa shape index (κ1) is 14.4. The van der Waals surface area contributed by atoms with E-state index in [2.05, 4.69) is 15.6 Å². The third-order valence-corrected chi connectivity index (χ3v) is 2.63. The number of hydrogen-bond donors (Lipinski definition) is 3. The summed E-state index contributed by atoms with van der Waals surface area (Å²) < 4.78 is 0. The van der Waals surface area contributed by atoms with Crippen molar-refractivity contribution in [1.82, 2.24) is 10.3 Å². The molecule has 1 heterocycles. The van der Waals surface area contributed by atoms with Crippen LogP contribution in [0.4, 0.5) is 5.69 Å². The second-order valence-electron chi connectivity index (χ2n) is 4.07. The standard InChI is InChI=1S/C13H21N3O2/c1-14-13(18)12-10-11(6-8-16-12)15-7-4-2-3-5-9-17/h6,8,10,17H,2-5,7,9H2,1H3,(H,14,18)(H,15,16). The van der Waals surface area contributed by atoms with E-state index in [1.807, 2.05) is 6.07 Å². The molecule has 5 nitrogen and oxygen atoms in total. The molecule has 0 aliphatic rings. The Morgan fingerprint density at radius 1 is 1.33 bits per heavy atom. The molecule has 3 N–H and O–H groups in total. The molecule has 0 aliphatic carbocycles. The molecule has 1 aromatic heterocycles. The van der Waals surface area contributed by atoms with E-state index in [1.165, 1.54) is 0 Å². The normalized spacial score (nSPS) is 10.1. The summed E-state index contributed by atoms with van der Waals surface area (Å²) in [5, 5.41) is 14.5. The number of amides is 1. The van der Waals surface area contributed by atoms with Gasteiger partial charge in [0.05, 0.1) is 0 Å². The summed E-state index contributed by atoms with van der Waals surface area (Å²) in [6.07, 6.45) is 5.70. The third kappa shape index (κ3) is 5.14. The number of pyridine rings is 1. The fourth-order valence-corrected chi connectivity index (χ4v) is 1.62. The molecule has 1 amide bonds. The molecule has 5 heteroatoms. The zero-order chi connectivity index (χ0) is 13.2. The van der Waals surface area contributed by atoms with Gasteiger partial charge in [0, 0.05) is 32.1 Å². The van der Waals surface area contributed by atoms with Gasteiger partial charge in [-0.2, -0.15) is 0 Å². The van der Waals surface area contributed by atoms with Crippen molar-refractivity contribution in [2.45, 2.75) is 25.7 Å². The molecule has 0 aliphatic heterocycles. The van der Waals surface area contributed by atoms with Gasteiger partial charge in [0.15, 0.2) is 0 Å². The maximum atomic E-state index is 11.4. The van der Waals surface area contributed by atoms with E-state index in [9.17, 15) is 4.79 Å². The van der Waals surface area contributed by atoms with Crippen LogP contribution in [0.25, 0.3) is 0 Å². The second kappa shape index (κ2) is 8.47. The molecule has 0 bridgehead atoms. The number of anilines is 1. The Hall–Kier alpha value is -1.62. The minimum atomic E-state index is -0.179. The van der Waals surface area contributed by atoms with E-state index in [0.717, 1.165) is 37.9 Å². The summed E-state index contributed by atoms with van der Waals surface area (Å²) in [5.74, 6) is -0.179. The Bertz CT molecular complexity index is 369. The molecule has 18 heavy (non-hydrogen) atoms. The van der Waals surface area contributed by atoms with E-state index in [1.54, 1.807) is 19.3 Å². The van der Waals surface area contributed by atoms with Crippen molar-refractivity contribution in [3.8, 4) is 0 Å². The van der Waals surface area contributed by atoms with Crippen molar-refractivity contribution in [3.05, 3.63) is 24.0 Å². The molecule has 1 rings (SSSR count). The third-order valence-electron chi connectivity index (χ3n) is 2.63. The van der Waals surface area contributed by atoms with Crippen LogP contribution in [0.2, 0.25) is 0 Å². The van der Waals surface area contributed by atoms with Gasteiger partial charge in [0.1, 0.15) is 5.69 Å². The van der Waals surface area contributed by atoms with Crippen molar-refractivity contribution < 1.29 is 9.90 Å². The van der Waals surface area contributed by atoms with Crippen LogP contribution in [-0.4, -0.2) is 36.2 Å². The largest absolute Gasteiger partial charge is 0.396 e. The number of aliphatic hydroxyl groups is 1. The van der Waals surface area contributed by atoms with E-state index in [4.69, 9.17) is 5.11 Å². The minimum absolute atomic E-state index is 0.179. The maximum absolute atomic E-state index is 11.4. The summed E-state index contributed by atoms with van der Waals surface area (Å²) in [4.78, 5) is 15.4. The highest BCUT2D eigenvalue weighted by Gasteiger charge is 2.04. The molecule has 0 unspecified atom stereocenters. The highest BCUT2D eigenvalue weighted by Crippen LogP contribution is 2.08. The number of aliphatic hydroxyl groups excluding tert-OH is 1. The second-order valence-corrected chi connectivity index (χ2v) is 4.07. The highest BCUT2D eigenvalue weighted by molar-refractivity contribution is 5.92. The predicted molar refractivity (Wildman–Crippen MR) is 71.7 cm³/mol. The van der Waals surface area contributed by atoms with Crippen LogP contribution < -0.4 is 10.6 Å². The zero-order valence-electron chi connectivity index (χ0n) is 10.8. The first-order valence-corrected chi connectivity index (χ1v) is 6.31. The molecular formula is C13H21N3O2. The Kier molecular flexibility index (Phi) is 6.79. The summed E-state index contributed by atoms with van der Waals surface area (Å²) >= 11 is 0. The molecular weight excluding hydrogens is 230 g/mol. The van der Waals surface area contributed by atoms with E-state index < -0.39 is 0 Å². The molecule has 0 radical (unpaired) electrons. The Morgan fingerprint density at radius 2 is 2.11 bits per heavy atom. The quantitative estimate of drug-likeness (QED) is 0.611. The van der Waals surface area contributed by atoms with Crippen molar-refractivity contribution >= 4 is 11.6 Å². The Morgan fingerprint density at radius 3 is 2.83 bits per heavy atom. The molecule has 1 aromatic rings. The number of hydrogen-bond acceptors (Lipinski definition) is 4. The number of carbonyl (C=O) groups is 1. The van der Waals surface area contributed by atoms with Gasteiger partial charge in [-0.05, 0) is 25.0 Å². The smallest absolute Gasteiger partial charge is 0.269 e. The molecule has 0 fully saturated rings. The van der Waals surface area contributed by atoms with E-state index in [0.29, 0.717) is 5.69 Å². The summed E-state index contributed by atoms with van der Waals surface area (Å²) in [6.45, 7) is 1.13. The van der Waals surface area contributed by atoms with Gasteiger partial charge in [-0.15, -0.1) is 0 Å². The minimum Gasteiger partial charge on any atom is -0.396 e. The lowest BCUT2D eigenvalue weighted by Crippen LogP contribution is -2.19. The lowest BCUT2D eigenvalue weighted by Gasteiger charge is -2.07. The molecule has 100 valence electrons. The van der Waals surface area contributed by atoms with Crippen LogP contribution in [-0.2, 0) is 0 Å². The number of carbonyl (C=O) groups excluding carboxylic acids is 1. The number of nitrogens with one attached hydrogen (secondary N) is 2. The van der Waals surface area contributed by atoms with Crippen LogP contribution in [0.5, 0.6) is 0 Å².